The van der Waals surface area contributed by atoms with E-state index < -0.39 is 0 Å². The second-order valence-electron chi connectivity index (χ2n) is 7.74. The van der Waals surface area contributed by atoms with Crippen molar-refractivity contribution in [1.29, 1.82) is 0 Å². The largest absolute Gasteiger partial charge is 0.494 e. The average molecular weight is 467 g/mol. The van der Waals surface area contributed by atoms with Gasteiger partial charge in [-0.15, -0.1) is 5.10 Å². The molecule has 6 nitrogen and oxygen atoms in total. The number of aromatic nitrogens is 3. The lowest BCUT2D eigenvalue weighted by atomic mass is 9.85. The number of fused-ring (bicyclic) bond motifs is 1. The molecule has 0 radical (unpaired) electrons. The second kappa shape index (κ2) is 9.00. The van der Waals surface area contributed by atoms with Gasteiger partial charge >= 0.3 is 0 Å². The lowest BCUT2D eigenvalue weighted by Crippen LogP contribution is -2.31. The number of hydrogen-bond donors (Lipinski definition) is 1. The maximum absolute atomic E-state index is 13.0. The number of ether oxygens (including phenoxy) is 1. The van der Waals surface area contributed by atoms with Gasteiger partial charge in [-0.2, -0.15) is 4.98 Å². The summed E-state index contributed by atoms with van der Waals surface area (Å²) in [6.45, 7) is 2.54. The summed E-state index contributed by atoms with van der Waals surface area (Å²) in [4.78, 5) is 17.7. The van der Waals surface area contributed by atoms with Crippen molar-refractivity contribution in [3.8, 4) is 5.75 Å². The van der Waals surface area contributed by atoms with Crippen molar-refractivity contribution in [2.24, 2.45) is 0 Å². The molecule has 0 bridgehead atoms. The highest BCUT2D eigenvalue weighted by atomic mass is 35.5. The van der Waals surface area contributed by atoms with Gasteiger partial charge in [-0.1, -0.05) is 53.7 Å². The van der Waals surface area contributed by atoms with Crippen LogP contribution in [0.15, 0.2) is 65.0 Å². The van der Waals surface area contributed by atoms with Crippen molar-refractivity contribution in [3.05, 3.63) is 76.0 Å². The molecule has 1 aromatic heterocycles. The van der Waals surface area contributed by atoms with Crippen LogP contribution in [0, 0.1) is 0 Å². The van der Waals surface area contributed by atoms with Gasteiger partial charge in [0.15, 0.2) is 5.78 Å². The van der Waals surface area contributed by atoms with Gasteiger partial charge in [-0.05, 0) is 49.1 Å². The van der Waals surface area contributed by atoms with Crippen LogP contribution in [0.1, 0.15) is 43.4 Å². The number of nitrogens with one attached hydrogen (secondary N) is 1. The fourth-order valence-electron chi connectivity index (χ4n) is 4.20. The molecule has 1 aliphatic heterocycles. The van der Waals surface area contributed by atoms with Gasteiger partial charge in [0.05, 0.1) is 6.61 Å². The molecule has 1 N–H and O–H groups in total. The van der Waals surface area contributed by atoms with Gasteiger partial charge < -0.3 is 10.1 Å². The number of nitrogens with zero attached hydrogens (tertiary/aromatic N) is 3. The molecule has 8 heteroatoms. The zero-order chi connectivity index (χ0) is 22.1. The first-order chi connectivity index (χ1) is 15.6. The highest BCUT2D eigenvalue weighted by molar-refractivity contribution is 7.98. The predicted molar refractivity (Wildman–Crippen MR) is 126 cm³/mol. The number of benzene rings is 2. The van der Waals surface area contributed by atoms with E-state index in [1.165, 1.54) is 11.8 Å². The third-order valence-electron chi connectivity index (χ3n) is 5.65. The van der Waals surface area contributed by atoms with Crippen LogP contribution >= 0.6 is 23.4 Å². The van der Waals surface area contributed by atoms with Crippen LogP contribution in [0.3, 0.4) is 0 Å². The van der Waals surface area contributed by atoms with E-state index in [1.807, 2.05) is 60.1 Å². The molecule has 2 heterocycles. The molecule has 2 aliphatic rings. The SMILES string of the molecule is CCOc1cccc(C2C3=C(CCCC3=O)Nc3nc(SCc4ccccc4Cl)nn32)c1. The summed E-state index contributed by atoms with van der Waals surface area (Å²) in [5.41, 5.74) is 3.74. The smallest absolute Gasteiger partial charge is 0.227 e. The normalized spacial score (nSPS) is 17.6. The van der Waals surface area contributed by atoms with E-state index in [-0.39, 0.29) is 11.8 Å². The molecular formula is C24H23ClN4O2S. The van der Waals surface area contributed by atoms with E-state index in [9.17, 15) is 4.79 Å². The zero-order valence-electron chi connectivity index (χ0n) is 17.7. The third-order valence-corrected chi connectivity index (χ3v) is 6.90. The van der Waals surface area contributed by atoms with E-state index in [0.29, 0.717) is 29.9 Å². The fraction of sp³-hybridized carbons (Fsp3) is 0.292. The van der Waals surface area contributed by atoms with Crippen molar-refractivity contribution in [3.63, 3.8) is 0 Å². The lowest BCUT2D eigenvalue weighted by Gasteiger charge is -2.32. The van der Waals surface area contributed by atoms with Crippen molar-refractivity contribution in [1.82, 2.24) is 14.8 Å². The number of Topliss-reactive ketones (excluding diaryl/α,β-unsaturated/α-hetero) is 1. The molecule has 164 valence electrons. The Morgan fingerprint density at radius 2 is 2.09 bits per heavy atom. The number of anilines is 1. The maximum atomic E-state index is 13.0. The van der Waals surface area contributed by atoms with Gasteiger partial charge in [-0.25, -0.2) is 4.68 Å². The van der Waals surface area contributed by atoms with E-state index in [4.69, 9.17) is 26.4 Å². The summed E-state index contributed by atoms with van der Waals surface area (Å²) in [7, 11) is 0. The molecule has 2 aromatic carbocycles. The molecule has 0 saturated carbocycles. The number of thioether (sulfide) groups is 1. The minimum absolute atomic E-state index is 0.164. The number of carbonyl (C=O) groups is 1. The highest BCUT2D eigenvalue weighted by Gasteiger charge is 2.37. The molecule has 0 amide bonds. The Labute approximate surface area is 196 Å². The van der Waals surface area contributed by atoms with Gasteiger partial charge in [0.25, 0.3) is 0 Å². The number of rotatable bonds is 6. The van der Waals surface area contributed by atoms with Crippen LogP contribution in [0.25, 0.3) is 0 Å². The van der Waals surface area contributed by atoms with Crippen LogP contribution in [0.2, 0.25) is 5.02 Å². The standard InChI is InChI=1S/C24H23ClN4O2S/c1-2-31-17-9-5-8-15(13-17)22-21-19(11-6-12-20(21)30)26-23-27-24(28-29(22)23)32-14-16-7-3-4-10-18(16)25/h3-5,7-10,13,22H,2,6,11-12,14H2,1H3,(H,26,27,28). The summed E-state index contributed by atoms with van der Waals surface area (Å²) < 4.78 is 7.55. The first kappa shape index (κ1) is 21.1. The van der Waals surface area contributed by atoms with E-state index in [1.54, 1.807) is 0 Å². The number of carbonyl (C=O) groups excluding carboxylic acids is 1. The molecule has 1 unspecified atom stereocenters. The third kappa shape index (κ3) is 4.02. The van der Waals surface area contributed by atoms with Crippen molar-refractivity contribution < 1.29 is 9.53 Å². The Morgan fingerprint density at radius 1 is 1.22 bits per heavy atom. The minimum Gasteiger partial charge on any atom is -0.494 e. The molecule has 1 atom stereocenters. The Hall–Kier alpha value is -2.77. The monoisotopic (exact) mass is 466 g/mol. The van der Waals surface area contributed by atoms with Gasteiger partial charge in [0.2, 0.25) is 11.1 Å². The highest BCUT2D eigenvalue weighted by Crippen LogP contribution is 2.41. The molecule has 0 spiro atoms. The molecule has 3 aromatic rings. The van der Waals surface area contributed by atoms with Gasteiger partial charge in [0, 0.05) is 28.5 Å². The lowest BCUT2D eigenvalue weighted by molar-refractivity contribution is -0.116. The summed E-state index contributed by atoms with van der Waals surface area (Å²) in [5, 5.41) is 9.54. The molecular weight excluding hydrogens is 444 g/mol. The Bertz CT molecular complexity index is 1210. The first-order valence-corrected chi connectivity index (χ1v) is 12.1. The predicted octanol–water partition coefficient (Wildman–Crippen LogP) is 5.64. The molecule has 0 saturated heterocycles. The molecule has 0 fully saturated rings. The topological polar surface area (TPSA) is 69.0 Å². The van der Waals surface area contributed by atoms with Crippen LogP contribution in [-0.4, -0.2) is 27.2 Å². The summed E-state index contributed by atoms with van der Waals surface area (Å²) in [6.07, 6.45) is 2.23. The molecule has 32 heavy (non-hydrogen) atoms. The molecule has 5 rings (SSSR count). The van der Waals surface area contributed by atoms with Gasteiger partial charge in [-0.3, -0.25) is 4.79 Å². The van der Waals surface area contributed by atoms with Crippen molar-refractivity contribution >= 4 is 35.1 Å². The van der Waals surface area contributed by atoms with Crippen LogP contribution in [-0.2, 0) is 10.5 Å². The van der Waals surface area contributed by atoms with Crippen molar-refractivity contribution in [2.45, 2.75) is 43.1 Å². The average Bonchev–Trinajstić information content (AvgIpc) is 3.20. The quantitative estimate of drug-likeness (QED) is 0.474. The summed E-state index contributed by atoms with van der Waals surface area (Å²) in [6, 6.07) is 15.4. The van der Waals surface area contributed by atoms with E-state index in [2.05, 4.69) is 5.32 Å². The van der Waals surface area contributed by atoms with Crippen LogP contribution < -0.4 is 10.1 Å². The minimum atomic E-state index is -0.323. The fourth-order valence-corrected chi connectivity index (χ4v) is 5.32. The summed E-state index contributed by atoms with van der Waals surface area (Å²) in [5.74, 6) is 2.27. The Morgan fingerprint density at radius 3 is 2.94 bits per heavy atom. The van der Waals surface area contributed by atoms with Crippen LogP contribution in [0.5, 0.6) is 5.75 Å². The van der Waals surface area contributed by atoms with E-state index in [0.717, 1.165) is 46.0 Å². The van der Waals surface area contributed by atoms with Gasteiger partial charge in [0.1, 0.15) is 11.8 Å². The van der Waals surface area contributed by atoms with Crippen molar-refractivity contribution in [2.75, 3.05) is 11.9 Å². The number of halogens is 1. The zero-order valence-corrected chi connectivity index (χ0v) is 19.2. The number of ketones is 1. The Kier molecular flexibility index (Phi) is 5.93. The Balaban J connectivity index is 1.51. The summed E-state index contributed by atoms with van der Waals surface area (Å²) >= 11 is 7.83. The van der Waals surface area contributed by atoms with Crippen LogP contribution in [0.4, 0.5) is 5.95 Å². The molecule has 1 aliphatic carbocycles. The number of hydrogen-bond acceptors (Lipinski definition) is 6. The second-order valence-corrected chi connectivity index (χ2v) is 9.09. The van der Waals surface area contributed by atoms with E-state index >= 15 is 0 Å². The maximum Gasteiger partial charge on any atom is 0.227 e. The first-order valence-electron chi connectivity index (χ1n) is 10.7. The number of allylic oxidation sites excluding steroid dienone is 2.